The Hall–Kier alpha value is -3.85. The van der Waals surface area contributed by atoms with Gasteiger partial charge in [-0.25, -0.2) is 4.98 Å². The Kier molecular flexibility index (Phi) is 4.18. The Morgan fingerprint density at radius 3 is 2.87 bits per heavy atom. The molecule has 6 heteroatoms. The van der Waals surface area contributed by atoms with Crippen LogP contribution in [0.15, 0.2) is 48.5 Å². The number of fused-ring (bicyclic) bond motifs is 4. The molecule has 4 aromatic rings. The summed E-state index contributed by atoms with van der Waals surface area (Å²) in [5.41, 5.74) is 7.18. The van der Waals surface area contributed by atoms with E-state index in [0.717, 1.165) is 45.6 Å². The molecule has 6 nitrogen and oxygen atoms in total. The van der Waals surface area contributed by atoms with Crippen molar-refractivity contribution in [2.75, 3.05) is 10.6 Å². The maximum Gasteiger partial charge on any atom is 0.224 e. The molecular formula is C24H21N5O. The van der Waals surface area contributed by atoms with Gasteiger partial charge < -0.3 is 10.6 Å². The van der Waals surface area contributed by atoms with Gasteiger partial charge in [0.1, 0.15) is 11.9 Å². The van der Waals surface area contributed by atoms with Crippen LogP contribution in [0, 0.1) is 18.3 Å². The van der Waals surface area contributed by atoms with Crippen molar-refractivity contribution in [1.82, 2.24) is 9.38 Å². The lowest BCUT2D eigenvalue weighted by atomic mass is 9.98. The molecule has 0 aliphatic carbocycles. The number of nitriles is 1. The standard InChI is InChI=1S/C24H21N5O/c1-14-11-22(29-21-6-4-3-5-20(21)28-24(29)18(14)13-25)26-15(2)16-7-9-19-17(12-16)8-10-23(30)27-19/h3-7,9,11-12,15,26H,8,10H2,1-2H3,(H,27,30). The van der Waals surface area contributed by atoms with Crippen LogP contribution in [0.25, 0.3) is 16.7 Å². The van der Waals surface area contributed by atoms with Crippen molar-refractivity contribution in [3.8, 4) is 6.07 Å². The second-order valence-electron chi connectivity index (χ2n) is 7.79. The largest absolute Gasteiger partial charge is 0.365 e. The molecule has 0 radical (unpaired) electrons. The Balaban J connectivity index is 1.59. The Morgan fingerprint density at radius 2 is 2.03 bits per heavy atom. The van der Waals surface area contributed by atoms with Crippen molar-refractivity contribution in [2.45, 2.75) is 32.7 Å². The smallest absolute Gasteiger partial charge is 0.224 e. The molecule has 0 bridgehead atoms. The third-order valence-corrected chi connectivity index (χ3v) is 5.77. The monoisotopic (exact) mass is 395 g/mol. The van der Waals surface area contributed by atoms with E-state index in [9.17, 15) is 10.1 Å². The molecule has 2 aromatic carbocycles. The summed E-state index contributed by atoms with van der Waals surface area (Å²) in [6.07, 6.45) is 1.28. The average molecular weight is 395 g/mol. The van der Waals surface area contributed by atoms with Gasteiger partial charge in [-0.1, -0.05) is 24.3 Å². The minimum absolute atomic E-state index is 0.0321. The zero-order valence-electron chi connectivity index (χ0n) is 16.9. The van der Waals surface area contributed by atoms with Crippen LogP contribution >= 0.6 is 0 Å². The van der Waals surface area contributed by atoms with E-state index >= 15 is 0 Å². The first-order valence-electron chi connectivity index (χ1n) is 10.1. The fourth-order valence-corrected chi connectivity index (χ4v) is 4.18. The average Bonchev–Trinajstić information content (AvgIpc) is 3.13. The maximum absolute atomic E-state index is 11.6. The normalized spacial score (nSPS) is 14.2. The van der Waals surface area contributed by atoms with Gasteiger partial charge in [0, 0.05) is 18.2 Å². The molecule has 0 spiro atoms. The van der Waals surface area contributed by atoms with Crippen LogP contribution in [-0.4, -0.2) is 15.3 Å². The van der Waals surface area contributed by atoms with Gasteiger partial charge in [-0.3, -0.25) is 9.20 Å². The summed E-state index contributed by atoms with van der Waals surface area (Å²) >= 11 is 0. The van der Waals surface area contributed by atoms with Crippen molar-refractivity contribution in [2.24, 2.45) is 0 Å². The number of aromatic nitrogens is 2. The number of anilines is 2. The van der Waals surface area contributed by atoms with Crippen molar-refractivity contribution in [1.29, 1.82) is 5.26 Å². The highest BCUT2D eigenvalue weighted by Gasteiger charge is 2.19. The molecule has 1 unspecified atom stereocenters. The second-order valence-corrected chi connectivity index (χ2v) is 7.79. The van der Waals surface area contributed by atoms with Crippen LogP contribution in [0.5, 0.6) is 0 Å². The Bertz CT molecular complexity index is 1360. The molecule has 0 fully saturated rings. The van der Waals surface area contributed by atoms with Crippen LogP contribution in [0.3, 0.4) is 0 Å². The molecule has 0 saturated carbocycles. The highest BCUT2D eigenvalue weighted by atomic mass is 16.1. The number of nitrogens with zero attached hydrogens (tertiary/aromatic N) is 3. The van der Waals surface area contributed by atoms with Gasteiger partial charge in [0.2, 0.25) is 5.91 Å². The van der Waals surface area contributed by atoms with Crippen molar-refractivity contribution >= 4 is 34.1 Å². The van der Waals surface area contributed by atoms with Crippen LogP contribution in [0.2, 0.25) is 0 Å². The summed E-state index contributed by atoms with van der Waals surface area (Å²) in [5.74, 6) is 0.970. The molecule has 2 aromatic heterocycles. The van der Waals surface area contributed by atoms with Gasteiger partial charge in [-0.15, -0.1) is 0 Å². The first-order chi connectivity index (χ1) is 14.5. The van der Waals surface area contributed by atoms with E-state index in [2.05, 4.69) is 29.7 Å². The number of nitrogens with one attached hydrogen (secondary N) is 2. The molecule has 1 aliphatic heterocycles. The van der Waals surface area contributed by atoms with E-state index in [1.807, 2.05) is 53.8 Å². The number of amides is 1. The number of hydrogen-bond donors (Lipinski definition) is 2. The molecular weight excluding hydrogens is 374 g/mol. The van der Waals surface area contributed by atoms with Crippen LogP contribution in [0.1, 0.15) is 41.6 Å². The van der Waals surface area contributed by atoms with E-state index in [1.54, 1.807) is 0 Å². The third kappa shape index (κ3) is 2.87. The van der Waals surface area contributed by atoms with Crippen LogP contribution in [0.4, 0.5) is 11.5 Å². The topological polar surface area (TPSA) is 82.2 Å². The molecule has 1 aliphatic rings. The first-order valence-corrected chi connectivity index (χ1v) is 10.1. The predicted octanol–water partition coefficient (Wildman–Crippen LogP) is 4.73. The minimum Gasteiger partial charge on any atom is -0.365 e. The van der Waals surface area contributed by atoms with Crippen molar-refractivity contribution in [3.05, 3.63) is 70.8 Å². The fraction of sp³-hybridized carbons (Fsp3) is 0.208. The van der Waals surface area contributed by atoms with Crippen LogP contribution in [-0.2, 0) is 11.2 Å². The van der Waals surface area contributed by atoms with Crippen molar-refractivity contribution in [3.63, 3.8) is 0 Å². The molecule has 30 heavy (non-hydrogen) atoms. The summed E-state index contributed by atoms with van der Waals surface area (Å²) in [5, 5.41) is 16.2. The second kappa shape index (κ2) is 6.89. The SMILES string of the molecule is Cc1cc(NC(C)c2ccc3c(c2)CCC(=O)N3)n2c(nc3ccccc32)c1C#N. The van der Waals surface area contributed by atoms with Gasteiger partial charge in [0.05, 0.1) is 16.6 Å². The number of carbonyl (C=O) groups is 1. The summed E-state index contributed by atoms with van der Waals surface area (Å²) < 4.78 is 2.02. The van der Waals surface area contributed by atoms with Gasteiger partial charge in [0.25, 0.3) is 0 Å². The lowest BCUT2D eigenvalue weighted by molar-refractivity contribution is -0.116. The number of aryl methyl sites for hydroxylation is 2. The zero-order valence-corrected chi connectivity index (χ0v) is 16.9. The highest BCUT2D eigenvalue weighted by molar-refractivity contribution is 5.94. The number of carbonyl (C=O) groups excluding carboxylic acids is 1. The third-order valence-electron chi connectivity index (χ3n) is 5.77. The number of rotatable bonds is 3. The molecule has 3 heterocycles. The fourth-order valence-electron chi connectivity index (χ4n) is 4.18. The van der Waals surface area contributed by atoms with E-state index in [4.69, 9.17) is 4.98 Å². The molecule has 1 atom stereocenters. The summed E-state index contributed by atoms with van der Waals surface area (Å²) in [4.78, 5) is 16.3. The number of imidazole rings is 1. The summed E-state index contributed by atoms with van der Waals surface area (Å²) in [6, 6.07) is 18.4. The van der Waals surface area contributed by atoms with E-state index in [0.29, 0.717) is 17.6 Å². The number of para-hydroxylation sites is 2. The number of benzene rings is 2. The lowest BCUT2D eigenvalue weighted by Gasteiger charge is -2.22. The van der Waals surface area contributed by atoms with Crippen LogP contribution < -0.4 is 10.6 Å². The van der Waals surface area contributed by atoms with Gasteiger partial charge in [-0.2, -0.15) is 5.26 Å². The van der Waals surface area contributed by atoms with E-state index in [-0.39, 0.29) is 11.9 Å². The Labute approximate surface area is 174 Å². The summed E-state index contributed by atoms with van der Waals surface area (Å²) in [7, 11) is 0. The molecule has 0 saturated heterocycles. The Morgan fingerprint density at radius 1 is 1.20 bits per heavy atom. The number of hydrogen-bond acceptors (Lipinski definition) is 4. The first kappa shape index (κ1) is 18.2. The van der Waals surface area contributed by atoms with Gasteiger partial charge in [-0.05, 0) is 61.2 Å². The van der Waals surface area contributed by atoms with Gasteiger partial charge >= 0.3 is 0 Å². The molecule has 148 valence electrons. The van der Waals surface area contributed by atoms with E-state index in [1.165, 1.54) is 0 Å². The molecule has 1 amide bonds. The minimum atomic E-state index is 0.0321. The predicted molar refractivity (Wildman–Crippen MR) is 118 cm³/mol. The quantitative estimate of drug-likeness (QED) is 0.526. The van der Waals surface area contributed by atoms with Crippen molar-refractivity contribution < 1.29 is 4.79 Å². The lowest BCUT2D eigenvalue weighted by Crippen LogP contribution is -2.19. The van der Waals surface area contributed by atoms with Gasteiger partial charge in [0.15, 0.2) is 5.65 Å². The summed E-state index contributed by atoms with van der Waals surface area (Å²) in [6.45, 7) is 4.05. The zero-order chi connectivity index (χ0) is 20.8. The molecule has 2 N–H and O–H groups in total. The molecule has 5 rings (SSSR count). The van der Waals surface area contributed by atoms with E-state index < -0.39 is 0 Å². The maximum atomic E-state index is 11.6. The highest BCUT2D eigenvalue weighted by Crippen LogP contribution is 2.31. The number of pyridine rings is 1.